The number of aromatic amines is 1. The molecular weight excluding hydrogens is 186 g/mol. The Bertz CT molecular complexity index is 323. The predicted molar refractivity (Wildman–Crippen MR) is 58.3 cm³/mol. The largest absolute Gasteiger partial charge is 0.393 e. The van der Waals surface area contributed by atoms with Crippen LogP contribution in [0.25, 0.3) is 0 Å². The number of hydrogen-bond acceptors (Lipinski definition) is 4. The third-order valence-electron chi connectivity index (χ3n) is 1.62. The van der Waals surface area contributed by atoms with Crippen LogP contribution in [0.15, 0.2) is 17.1 Å². The van der Waals surface area contributed by atoms with E-state index in [1.54, 1.807) is 24.0 Å². The van der Waals surface area contributed by atoms with Gasteiger partial charge in [0.25, 0.3) is 5.56 Å². The maximum Gasteiger partial charge on any atom is 0.273 e. The van der Waals surface area contributed by atoms with Crippen molar-refractivity contribution in [3.63, 3.8) is 0 Å². The zero-order valence-corrected chi connectivity index (χ0v) is 8.28. The van der Waals surface area contributed by atoms with E-state index in [4.69, 9.17) is 5.73 Å². The van der Waals surface area contributed by atoms with E-state index < -0.39 is 0 Å². The highest BCUT2D eigenvalue weighted by atomic mass is 32.2. The quantitative estimate of drug-likeness (QED) is 0.625. The second-order valence-corrected chi connectivity index (χ2v) is 3.54. The molecule has 0 fully saturated rings. The van der Waals surface area contributed by atoms with Crippen LogP contribution < -0.4 is 16.6 Å². The molecule has 13 heavy (non-hydrogen) atoms. The van der Waals surface area contributed by atoms with Gasteiger partial charge in [-0.2, -0.15) is 11.8 Å². The first-order valence-electron chi connectivity index (χ1n) is 3.95. The topological polar surface area (TPSA) is 70.9 Å². The van der Waals surface area contributed by atoms with Crippen LogP contribution in [0.3, 0.4) is 0 Å². The summed E-state index contributed by atoms with van der Waals surface area (Å²) in [6.07, 6.45) is 3.61. The Hall–Kier alpha value is -1.10. The van der Waals surface area contributed by atoms with Crippen LogP contribution in [0, 0.1) is 0 Å². The summed E-state index contributed by atoms with van der Waals surface area (Å²) in [6.45, 7) is 0.814. The molecule has 0 saturated carbocycles. The standard InChI is InChI=1S/C8H13N3OS/c1-13-5-4-10-6-2-3-11-8(12)7(6)9/h2-3H,4-5,9H2,1H3,(H2,10,11,12). The van der Waals surface area contributed by atoms with Gasteiger partial charge in [0.05, 0.1) is 5.69 Å². The van der Waals surface area contributed by atoms with Crippen LogP contribution in [0.5, 0.6) is 0 Å². The van der Waals surface area contributed by atoms with Gasteiger partial charge in [-0.15, -0.1) is 0 Å². The summed E-state index contributed by atoms with van der Waals surface area (Å²) in [5.74, 6) is 0.992. The molecule has 0 spiro atoms. The minimum Gasteiger partial charge on any atom is -0.393 e. The van der Waals surface area contributed by atoms with Crippen LogP contribution in [0.4, 0.5) is 11.4 Å². The number of rotatable bonds is 4. The van der Waals surface area contributed by atoms with E-state index in [1.807, 2.05) is 6.26 Å². The number of nitrogen functional groups attached to an aromatic ring is 1. The van der Waals surface area contributed by atoms with Crippen LogP contribution in [-0.2, 0) is 0 Å². The number of nitrogens with two attached hydrogens (primary N) is 1. The molecule has 0 unspecified atom stereocenters. The molecule has 4 nitrogen and oxygen atoms in total. The van der Waals surface area contributed by atoms with Crippen LogP contribution in [0.2, 0.25) is 0 Å². The average Bonchev–Trinajstić information content (AvgIpc) is 2.13. The fourth-order valence-electron chi connectivity index (χ4n) is 0.932. The molecule has 1 rings (SSSR count). The molecule has 72 valence electrons. The van der Waals surface area contributed by atoms with Gasteiger partial charge in [-0.25, -0.2) is 0 Å². The zero-order valence-electron chi connectivity index (χ0n) is 7.46. The Labute approximate surface area is 80.9 Å². The van der Waals surface area contributed by atoms with Gasteiger partial charge in [0, 0.05) is 18.5 Å². The Balaban J connectivity index is 2.66. The van der Waals surface area contributed by atoms with Crippen molar-refractivity contribution < 1.29 is 0 Å². The fourth-order valence-corrected chi connectivity index (χ4v) is 1.24. The number of anilines is 2. The third kappa shape index (κ3) is 2.69. The van der Waals surface area contributed by atoms with E-state index in [2.05, 4.69) is 10.3 Å². The average molecular weight is 199 g/mol. The Morgan fingerprint density at radius 2 is 2.46 bits per heavy atom. The second-order valence-electron chi connectivity index (χ2n) is 2.55. The van der Waals surface area contributed by atoms with Crippen molar-refractivity contribution in [3.8, 4) is 0 Å². The lowest BCUT2D eigenvalue weighted by molar-refractivity contribution is 1.19. The normalized spacial score (nSPS) is 9.92. The van der Waals surface area contributed by atoms with Crippen molar-refractivity contribution in [2.75, 3.05) is 29.6 Å². The van der Waals surface area contributed by atoms with Crippen LogP contribution in [-0.4, -0.2) is 23.5 Å². The lowest BCUT2D eigenvalue weighted by atomic mass is 10.3. The molecule has 0 atom stereocenters. The van der Waals surface area contributed by atoms with Crippen molar-refractivity contribution >= 4 is 23.1 Å². The smallest absolute Gasteiger partial charge is 0.273 e. The maximum absolute atomic E-state index is 11.0. The zero-order chi connectivity index (χ0) is 9.68. The molecule has 1 aromatic heterocycles. The summed E-state index contributed by atoms with van der Waals surface area (Å²) in [7, 11) is 0. The summed E-state index contributed by atoms with van der Waals surface area (Å²) in [4.78, 5) is 13.6. The Kier molecular flexibility index (Phi) is 3.70. The molecule has 0 aliphatic heterocycles. The first-order valence-corrected chi connectivity index (χ1v) is 5.35. The maximum atomic E-state index is 11.0. The first-order chi connectivity index (χ1) is 6.25. The van der Waals surface area contributed by atoms with E-state index in [9.17, 15) is 4.79 Å². The van der Waals surface area contributed by atoms with E-state index in [1.165, 1.54) is 0 Å². The SMILES string of the molecule is CSCCNc1cc[nH]c(=O)c1N. The van der Waals surface area contributed by atoms with Crippen molar-refractivity contribution in [1.82, 2.24) is 4.98 Å². The van der Waals surface area contributed by atoms with E-state index in [-0.39, 0.29) is 11.2 Å². The molecule has 0 aromatic carbocycles. The van der Waals surface area contributed by atoms with Gasteiger partial charge >= 0.3 is 0 Å². The van der Waals surface area contributed by atoms with Crippen molar-refractivity contribution in [2.24, 2.45) is 0 Å². The molecule has 0 amide bonds. The molecule has 4 N–H and O–H groups in total. The highest BCUT2D eigenvalue weighted by Gasteiger charge is 2.00. The summed E-state index contributed by atoms with van der Waals surface area (Å²) >= 11 is 1.74. The number of aromatic nitrogens is 1. The Morgan fingerprint density at radius 3 is 3.15 bits per heavy atom. The molecule has 0 bridgehead atoms. The highest BCUT2D eigenvalue weighted by Crippen LogP contribution is 2.10. The molecule has 1 heterocycles. The summed E-state index contributed by atoms with van der Waals surface area (Å²) in [6, 6.07) is 1.76. The minimum absolute atomic E-state index is 0.242. The Morgan fingerprint density at radius 1 is 1.69 bits per heavy atom. The molecular formula is C8H13N3OS. The van der Waals surface area contributed by atoms with Crippen LogP contribution in [0.1, 0.15) is 0 Å². The fraction of sp³-hybridized carbons (Fsp3) is 0.375. The monoisotopic (exact) mass is 199 g/mol. The van der Waals surface area contributed by atoms with E-state index >= 15 is 0 Å². The summed E-state index contributed by atoms with van der Waals surface area (Å²) in [5.41, 5.74) is 6.27. The van der Waals surface area contributed by atoms with Gasteiger partial charge < -0.3 is 16.0 Å². The molecule has 0 radical (unpaired) electrons. The van der Waals surface area contributed by atoms with Crippen LogP contribution >= 0.6 is 11.8 Å². The van der Waals surface area contributed by atoms with E-state index in [0.29, 0.717) is 5.69 Å². The van der Waals surface area contributed by atoms with Gasteiger partial charge in [-0.05, 0) is 12.3 Å². The third-order valence-corrected chi connectivity index (χ3v) is 2.23. The van der Waals surface area contributed by atoms with Gasteiger partial charge in [0.2, 0.25) is 0 Å². The number of H-pyrrole nitrogens is 1. The highest BCUT2D eigenvalue weighted by molar-refractivity contribution is 7.98. The number of nitrogens with one attached hydrogen (secondary N) is 2. The molecule has 5 heteroatoms. The number of thioether (sulfide) groups is 1. The number of pyridine rings is 1. The summed E-state index contributed by atoms with van der Waals surface area (Å²) in [5, 5.41) is 3.09. The van der Waals surface area contributed by atoms with Crippen molar-refractivity contribution in [1.29, 1.82) is 0 Å². The molecule has 0 aliphatic rings. The van der Waals surface area contributed by atoms with Crippen molar-refractivity contribution in [2.45, 2.75) is 0 Å². The van der Waals surface area contributed by atoms with Crippen molar-refractivity contribution in [3.05, 3.63) is 22.6 Å². The molecule has 0 saturated heterocycles. The van der Waals surface area contributed by atoms with Gasteiger partial charge in [-0.3, -0.25) is 4.79 Å². The van der Waals surface area contributed by atoms with E-state index in [0.717, 1.165) is 12.3 Å². The van der Waals surface area contributed by atoms with Gasteiger partial charge in [0.15, 0.2) is 0 Å². The summed E-state index contributed by atoms with van der Waals surface area (Å²) < 4.78 is 0. The molecule has 1 aromatic rings. The number of hydrogen-bond donors (Lipinski definition) is 3. The van der Waals surface area contributed by atoms with Gasteiger partial charge in [0.1, 0.15) is 5.69 Å². The second kappa shape index (κ2) is 4.81. The predicted octanol–water partition coefficient (Wildman–Crippen LogP) is 0.732. The lowest BCUT2D eigenvalue weighted by Gasteiger charge is -2.06. The first kappa shape index (κ1) is 9.98. The lowest BCUT2D eigenvalue weighted by Crippen LogP contribution is -2.15. The molecule has 0 aliphatic carbocycles. The minimum atomic E-state index is -0.242. The van der Waals surface area contributed by atoms with Gasteiger partial charge in [-0.1, -0.05) is 0 Å².